The normalized spacial score (nSPS) is 16.8. The molecule has 2 N–H and O–H groups in total. The molecule has 1 aliphatic rings. The van der Waals surface area contributed by atoms with Gasteiger partial charge in [-0.25, -0.2) is 9.69 Å². The smallest absolute Gasteiger partial charge is 0.417 e. The Kier molecular flexibility index (Phi) is 1.86. The van der Waals surface area contributed by atoms with Gasteiger partial charge in [-0.05, 0) is 18.3 Å². The Labute approximate surface area is 63.1 Å². The molecule has 4 nitrogen and oxygen atoms in total. The number of carboxylic acid groups (broad SMARTS) is 1. The highest BCUT2D eigenvalue weighted by molar-refractivity contribution is 7.80. The second kappa shape index (κ2) is 2.66. The van der Waals surface area contributed by atoms with Crippen LogP contribution in [0.1, 0.15) is 0 Å². The highest BCUT2D eigenvalue weighted by atomic mass is 32.1. The number of amides is 1. The maximum absolute atomic E-state index is 10.3. The molecule has 0 aromatic rings. The summed E-state index contributed by atoms with van der Waals surface area (Å²) in [6.07, 6.45) is 2.05. The quantitative estimate of drug-likeness (QED) is 0.500. The van der Waals surface area contributed by atoms with Gasteiger partial charge in [0.05, 0.1) is 0 Å². The maximum atomic E-state index is 10.3. The summed E-state index contributed by atoms with van der Waals surface area (Å²) in [7, 11) is 0. The van der Waals surface area contributed by atoms with E-state index in [-0.39, 0.29) is 5.11 Å². The summed E-state index contributed by atoms with van der Waals surface area (Å²) in [6, 6.07) is 0. The number of nitrogens with zero attached hydrogens (tertiary/aromatic N) is 1. The number of hydrogen-bond acceptors (Lipinski definition) is 2. The van der Waals surface area contributed by atoms with E-state index in [4.69, 9.17) is 5.11 Å². The third-order valence-electron chi connectivity index (χ3n) is 1.05. The van der Waals surface area contributed by atoms with Crippen LogP contribution >= 0.6 is 12.2 Å². The average molecular weight is 158 g/mol. The lowest BCUT2D eigenvalue weighted by Crippen LogP contribution is -2.42. The molecule has 0 unspecified atom stereocenters. The van der Waals surface area contributed by atoms with E-state index in [0.29, 0.717) is 6.54 Å². The van der Waals surface area contributed by atoms with Crippen LogP contribution in [0.25, 0.3) is 0 Å². The highest BCUT2D eigenvalue weighted by Crippen LogP contribution is 1.96. The molecule has 0 fully saturated rings. The van der Waals surface area contributed by atoms with Gasteiger partial charge in [-0.15, -0.1) is 0 Å². The van der Waals surface area contributed by atoms with Crippen molar-refractivity contribution >= 4 is 23.4 Å². The predicted octanol–water partition coefficient (Wildman–Crippen LogP) is 0.368. The Hall–Kier alpha value is -1.10. The fraction of sp³-hybridized carbons (Fsp3) is 0.200. The minimum Gasteiger partial charge on any atom is -0.464 e. The Bertz CT molecular complexity index is 202. The van der Waals surface area contributed by atoms with Crippen LogP contribution in [0.3, 0.4) is 0 Å². The molecule has 0 saturated carbocycles. The largest absolute Gasteiger partial charge is 0.464 e. The molecule has 1 heterocycles. The molecule has 1 aliphatic heterocycles. The van der Waals surface area contributed by atoms with Crippen LogP contribution in [-0.2, 0) is 0 Å². The summed E-state index contributed by atoms with van der Waals surface area (Å²) >= 11 is 4.69. The zero-order valence-corrected chi connectivity index (χ0v) is 5.89. The summed E-state index contributed by atoms with van der Waals surface area (Å²) in [6.45, 7) is 0.600. The first-order valence-corrected chi connectivity index (χ1v) is 3.09. The number of rotatable bonds is 0. The summed E-state index contributed by atoms with van der Waals surface area (Å²) in [5, 5.41) is 11.4. The van der Waals surface area contributed by atoms with E-state index in [1.54, 1.807) is 6.08 Å². The SMILES string of the molecule is O=C(O)N1C=CCNC1=S. The van der Waals surface area contributed by atoms with Gasteiger partial charge in [0.15, 0.2) is 5.11 Å². The van der Waals surface area contributed by atoms with Crippen molar-refractivity contribution in [3.63, 3.8) is 0 Å². The first-order chi connectivity index (χ1) is 4.72. The van der Waals surface area contributed by atoms with E-state index in [1.807, 2.05) is 0 Å². The van der Waals surface area contributed by atoms with Crippen molar-refractivity contribution in [1.29, 1.82) is 0 Å². The summed E-state index contributed by atoms with van der Waals surface area (Å²) < 4.78 is 0. The maximum Gasteiger partial charge on any atom is 0.417 e. The first-order valence-electron chi connectivity index (χ1n) is 2.68. The molecule has 5 heteroatoms. The van der Waals surface area contributed by atoms with Gasteiger partial charge in [-0.2, -0.15) is 0 Å². The monoisotopic (exact) mass is 158 g/mol. The van der Waals surface area contributed by atoms with Crippen molar-refractivity contribution in [2.24, 2.45) is 0 Å². The molecule has 0 aromatic heterocycles. The summed E-state index contributed by atoms with van der Waals surface area (Å²) in [5.41, 5.74) is 0. The second-order valence-corrected chi connectivity index (χ2v) is 2.11. The topological polar surface area (TPSA) is 52.6 Å². The van der Waals surface area contributed by atoms with Crippen LogP contribution in [0, 0.1) is 0 Å². The fourth-order valence-corrected chi connectivity index (χ4v) is 0.830. The molecule has 0 aliphatic carbocycles. The van der Waals surface area contributed by atoms with E-state index >= 15 is 0 Å². The van der Waals surface area contributed by atoms with Crippen LogP contribution < -0.4 is 5.32 Å². The third kappa shape index (κ3) is 1.24. The standard InChI is InChI=1S/C5H6N2O2S/c8-5(9)7-3-1-2-6-4(7)10/h1,3H,2H2,(H,6,10)(H,8,9). The molecule has 0 aromatic carbocycles. The van der Waals surface area contributed by atoms with E-state index in [9.17, 15) is 4.79 Å². The number of carbonyl (C=O) groups is 1. The van der Waals surface area contributed by atoms with Gasteiger partial charge < -0.3 is 10.4 Å². The Morgan fingerprint density at radius 2 is 2.60 bits per heavy atom. The molecule has 0 saturated heterocycles. The van der Waals surface area contributed by atoms with Crippen molar-refractivity contribution in [2.45, 2.75) is 0 Å². The molecule has 1 amide bonds. The highest BCUT2D eigenvalue weighted by Gasteiger charge is 2.15. The van der Waals surface area contributed by atoms with Crippen LogP contribution in [0.15, 0.2) is 12.3 Å². The zero-order valence-electron chi connectivity index (χ0n) is 5.07. The molecule has 0 radical (unpaired) electrons. The molecule has 54 valence electrons. The van der Waals surface area contributed by atoms with Crippen molar-refractivity contribution < 1.29 is 9.90 Å². The summed E-state index contributed by atoms with van der Waals surface area (Å²) in [4.78, 5) is 11.3. The second-order valence-electron chi connectivity index (χ2n) is 1.72. The lowest BCUT2D eigenvalue weighted by molar-refractivity contribution is 0.179. The van der Waals surface area contributed by atoms with Gasteiger partial charge in [-0.3, -0.25) is 0 Å². The summed E-state index contributed by atoms with van der Waals surface area (Å²) in [5.74, 6) is 0. The number of nitrogens with one attached hydrogen (secondary N) is 1. The molecule has 0 bridgehead atoms. The van der Waals surface area contributed by atoms with Gasteiger partial charge in [-0.1, -0.05) is 0 Å². The fourth-order valence-electron chi connectivity index (χ4n) is 0.608. The van der Waals surface area contributed by atoms with Gasteiger partial charge in [0, 0.05) is 12.7 Å². The number of hydrogen-bond donors (Lipinski definition) is 2. The Morgan fingerprint density at radius 3 is 3.00 bits per heavy atom. The molecule has 10 heavy (non-hydrogen) atoms. The molecular formula is C5H6N2O2S. The van der Waals surface area contributed by atoms with E-state index in [2.05, 4.69) is 17.5 Å². The lowest BCUT2D eigenvalue weighted by Gasteiger charge is -2.19. The van der Waals surface area contributed by atoms with Gasteiger partial charge in [0.2, 0.25) is 0 Å². The van der Waals surface area contributed by atoms with Crippen molar-refractivity contribution in [3.05, 3.63) is 12.3 Å². The zero-order chi connectivity index (χ0) is 7.56. The van der Waals surface area contributed by atoms with E-state index in [0.717, 1.165) is 4.90 Å². The van der Waals surface area contributed by atoms with E-state index in [1.165, 1.54) is 6.20 Å². The average Bonchev–Trinajstić information content (AvgIpc) is 1.88. The van der Waals surface area contributed by atoms with Crippen molar-refractivity contribution in [1.82, 2.24) is 10.2 Å². The minimum atomic E-state index is -1.06. The predicted molar refractivity (Wildman–Crippen MR) is 39.6 cm³/mol. The van der Waals surface area contributed by atoms with Crippen LogP contribution in [0.5, 0.6) is 0 Å². The molecule has 0 spiro atoms. The van der Waals surface area contributed by atoms with Crippen LogP contribution in [-0.4, -0.2) is 27.8 Å². The van der Waals surface area contributed by atoms with Gasteiger partial charge in [0.1, 0.15) is 0 Å². The van der Waals surface area contributed by atoms with Crippen LogP contribution in [0.4, 0.5) is 4.79 Å². The molecule has 0 atom stereocenters. The van der Waals surface area contributed by atoms with Gasteiger partial charge in [0.25, 0.3) is 0 Å². The molecular weight excluding hydrogens is 152 g/mol. The Balaban J connectivity index is 2.73. The lowest BCUT2D eigenvalue weighted by atomic mass is 10.5. The Morgan fingerprint density at radius 1 is 1.90 bits per heavy atom. The minimum absolute atomic E-state index is 0.231. The molecule has 1 rings (SSSR count). The number of thiocarbonyl (C=S) groups is 1. The van der Waals surface area contributed by atoms with Crippen LogP contribution in [0.2, 0.25) is 0 Å². The van der Waals surface area contributed by atoms with E-state index < -0.39 is 6.09 Å². The first kappa shape index (κ1) is 7.01. The van der Waals surface area contributed by atoms with Crippen molar-refractivity contribution in [3.8, 4) is 0 Å². The third-order valence-corrected chi connectivity index (χ3v) is 1.39. The van der Waals surface area contributed by atoms with Gasteiger partial charge >= 0.3 is 6.09 Å². The van der Waals surface area contributed by atoms with Crippen molar-refractivity contribution in [2.75, 3.05) is 6.54 Å².